The third-order valence-corrected chi connectivity index (χ3v) is 2.69. The third kappa shape index (κ3) is 3.39. The van der Waals surface area contributed by atoms with Gasteiger partial charge in [0.1, 0.15) is 24.2 Å². The topological polar surface area (TPSA) is 49.7 Å². The van der Waals surface area contributed by atoms with Crippen LogP contribution < -0.4 is 4.74 Å². The minimum Gasteiger partial charge on any atom is -0.508 e. The lowest BCUT2D eigenvalue weighted by Crippen LogP contribution is -2.09. The maximum absolute atomic E-state index is 9.91. The number of halogens is 1. The molecule has 1 unspecified atom stereocenters. The number of aliphatic hydroxyl groups excluding tert-OH is 1. The SMILES string of the molecule is Oc1cccc(C(O)COc2cccc(Cl)c2)c1. The highest BCUT2D eigenvalue weighted by molar-refractivity contribution is 6.30. The van der Waals surface area contributed by atoms with E-state index in [4.69, 9.17) is 16.3 Å². The molecule has 0 fully saturated rings. The van der Waals surface area contributed by atoms with E-state index in [1.54, 1.807) is 42.5 Å². The van der Waals surface area contributed by atoms with Gasteiger partial charge in [-0.25, -0.2) is 0 Å². The van der Waals surface area contributed by atoms with Crippen LogP contribution in [-0.4, -0.2) is 16.8 Å². The van der Waals surface area contributed by atoms with E-state index in [0.29, 0.717) is 16.3 Å². The number of phenolic OH excluding ortho intramolecular Hbond substituents is 1. The molecule has 3 nitrogen and oxygen atoms in total. The highest BCUT2D eigenvalue weighted by Crippen LogP contribution is 2.21. The molecule has 0 aliphatic heterocycles. The molecular formula is C14H13ClO3. The van der Waals surface area contributed by atoms with Crippen molar-refractivity contribution in [3.05, 3.63) is 59.1 Å². The highest BCUT2D eigenvalue weighted by Gasteiger charge is 2.09. The number of hydrogen-bond acceptors (Lipinski definition) is 3. The number of rotatable bonds is 4. The molecule has 0 spiro atoms. The van der Waals surface area contributed by atoms with Crippen molar-refractivity contribution in [3.63, 3.8) is 0 Å². The average molecular weight is 265 g/mol. The minimum absolute atomic E-state index is 0.101. The first-order chi connectivity index (χ1) is 8.65. The average Bonchev–Trinajstić information content (AvgIpc) is 2.36. The van der Waals surface area contributed by atoms with Crippen LogP contribution in [0.1, 0.15) is 11.7 Å². The fourth-order valence-electron chi connectivity index (χ4n) is 1.56. The van der Waals surface area contributed by atoms with E-state index in [0.717, 1.165) is 0 Å². The Balaban J connectivity index is 1.98. The second kappa shape index (κ2) is 5.76. The second-order valence-corrected chi connectivity index (χ2v) is 4.32. The van der Waals surface area contributed by atoms with Crippen molar-refractivity contribution in [1.29, 1.82) is 0 Å². The first-order valence-electron chi connectivity index (χ1n) is 5.50. The molecule has 2 aromatic rings. The molecule has 0 aromatic heterocycles. The number of hydrogen-bond donors (Lipinski definition) is 2. The van der Waals surface area contributed by atoms with Crippen molar-refractivity contribution in [1.82, 2.24) is 0 Å². The summed E-state index contributed by atoms with van der Waals surface area (Å²) in [4.78, 5) is 0. The predicted molar refractivity (Wildman–Crippen MR) is 70.0 cm³/mol. The first kappa shape index (κ1) is 12.7. The monoisotopic (exact) mass is 264 g/mol. The van der Waals surface area contributed by atoms with Gasteiger partial charge in [0, 0.05) is 5.02 Å². The Bertz CT molecular complexity index is 528. The molecule has 1 atom stereocenters. The Labute approximate surface area is 110 Å². The molecule has 2 aromatic carbocycles. The number of ether oxygens (including phenoxy) is 1. The Morgan fingerprint density at radius 1 is 1.11 bits per heavy atom. The molecule has 0 amide bonds. The predicted octanol–water partition coefficient (Wildman–Crippen LogP) is 3.16. The summed E-state index contributed by atoms with van der Waals surface area (Å²) in [6.07, 6.45) is -0.795. The zero-order valence-corrected chi connectivity index (χ0v) is 10.3. The van der Waals surface area contributed by atoms with Gasteiger partial charge in [0.15, 0.2) is 0 Å². The first-order valence-corrected chi connectivity index (χ1v) is 5.88. The molecule has 0 aliphatic carbocycles. The number of aromatic hydroxyl groups is 1. The lowest BCUT2D eigenvalue weighted by atomic mass is 10.1. The van der Waals surface area contributed by atoms with Crippen molar-refractivity contribution in [2.24, 2.45) is 0 Å². The fraction of sp³-hybridized carbons (Fsp3) is 0.143. The van der Waals surface area contributed by atoms with E-state index in [2.05, 4.69) is 0 Å². The Morgan fingerprint density at radius 3 is 2.61 bits per heavy atom. The molecular weight excluding hydrogens is 252 g/mol. The van der Waals surface area contributed by atoms with E-state index in [9.17, 15) is 10.2 Å². The molecule has 0 radical (unpaired) electrons. The summed E-state index contributed by atoms with van der Waals surface area (Å²) < 4.78 is 5.43. The summed E-state index contributed by atoms with van der Waals surface area (Å²) in [5.41, 5.74) is 0.608. The van der Waals surface area contributed by atoms with Crippen LogP contribution in [0.4, 0.5) is 0 Å². The van der Waals surface area contributed by atoms with E-state index >= 15 is 0 Å². The van der Waals surface area contributed by atoms with Gasteiger partial charge in [-0.1, -0.05) is 29.8 Å². The third-order valence-electron chi connectivity index (χ3n) is 2.46. The molecule has 0 aliphatic rings. The minimum atomic E-state index is -0.795. The Kier molecular flexibility index (Phi) is 4.07. The van der Waals surface area contributed by atoms with Crippen molar-refractivity contribution < 1.29 is 14.9 Å². The van der Waals surface area contributed by atoms with Crippen LogP contribution in [0.5, 0.6) is 11.5 Å². The zero-order valence-electron chi connectivity index (χ0n) is 9.58. The second-order valence-electron chi connectivity index (χ2n) is 3.88. The molecule has 0 bridgehead atoms. The quantitative estimate of drug-likeness (QED) is 0.892. The number of phenols is 1. The summed E-state index contributed by atoms with van der Waals surface area (Å²) in [5, 5.41) is 19.8. The van der Waals surface area contributed by atoms with Gasteiger partial charge < -0.3 is 14.9 Å². The van der Waals surface area contributed by atoms with Gasteiger partial charge in [-0.05, 0) is 35.9 Å². The van der Waals surface area contributed by atoms with Gasteiger partial charge in [-0.3, -0.25) is 0 Å². The maximum Gasteiger partial charge on any atom is 0.120 e. The largest absolute Gasteiger partial charge is 0.508 e. The van der Waals surface area contributed by atoms with Crippen LogP contribution in [0, 0.1) is 0 Å². The van der Waals surface area contributed by atoms with Gasteiger partial charge in [-0.15, -0.1) is 0 Å². The van der Waals surface area contributed by atoms with Gasteiger partial charge in [0.25, 0.3) is 0 Å². The van der Waals surface area contributed by atoms with Crippen LogP contribution in [0.15, 0.2) is 48.5 Å². The molecule has 2 rings (SSSR count). The Morgan fingerprint density at radius 2 is 1.89 bits per heavy atom. The van der Waals surface area contributed by atoms with E-state index in [1.165, 1.54) is 6.07 Å². The molecule has 94 valence electrons. The highest BCUT2D eigenvalue weighted by atomic mass is 35.5. The van der Waals surface area contributed by atoms with Crippen molar-refractivity contribution in [3.8, 4) is 11.5 Å². The molecule has 0 saturated carbocycles. The van der Waals surface area contributed by atoms with Gasteiger partial charge >= 0.3 is 0 Å². The molecule has 2 N–H and O–H groups in total. The van der Waals surface area contributed by atoms with Gasteiger partial charge in [-0.2, -0.15) is 0 Å². The molecule has 0 saturated heterocycles. The van der Waals surface area contributed by atoms with E-state index in [1.807, 2.05) is 0 Å². The van der Waals surface area contributed by atoms with Crippen molar-refractivity contribution in [2.45, 2.75) is 6.10 Å². The normalized spacial score (nSPS) is 12.1. The van der Waals surface area contributed by atoms with Crippen LogP contribution in [-0.2, 0) is 0 Å². The molecule has 0 heterocycles. The van der Waals surface area contributed by atoms with Crippen molar-refractivity contribution >= 4 is 11.6 Å². The lowest BCUT2D eigenvalue weighted by Gasteiger charge is -2.13. The standard InChI is InChI=1S/C14H13ClO3/c15-11-4-2-6-13(8-11)18-9-14(17)10-3-1-5-12(16)7-10/h1-8,14,16-17H,9H2. The molecule has 4 heteroatoms. The summed E-state index contributed by atoms with van der Waals surface area (Å²) in [6.45, 7) is 0.101. The van der Waals surface area contributed by atoms with Crippen LogP contribution in [0.3, 0.4) is 0 Å². The number of benzene rings is 2. The van der Waals surface area contributed by atoms with Crippen LogP contribution >= 0.6 is 11.6 Å². The number of aliphatic hydroxyl groups is 1. The van der Waals surface area contributed by atoms with Crippen molar-refractivity contribution in [2.75, 3.05) is 6.61 Å². The van der Waals surface area contributed by atoms with Crippen LogP contribution in [0.2, 0.25) is 5.02 Å². The van der Waals surface area contributed by atoms with Gasteiger partial charge in [0.2, 0.25) is 0 Å². The summed E-state index contributed by atoms with van der Waals surface area (Å²) in [7, 11) is 0. The lowest BCUT2D eigenvalue weighted by molar-refractivity contribution is 0.108. The van der Waals surface area contributed by atoms with Crippen LogP contribution in [0.25, 0.3) is 0 Å². The smallest absolute Gasteiger partial charge is 0.120 e. The zero-order chi connectivity index (χ0) is 13.0. The summed E-state index contributed by atoms with van der Waals surface area (Å²) >= 11 is 5.82. The van der Waals surface area contributed by atoms with E-state index < -0.39 is 6.10 Å². The van der Waals surface area contributed by atoms with E-state index in [-0.39, 0.29) is 12.4 Å². The fourth-order valence-corrected chi connectivity index (χ4v) is 1.74. The maximum atomic E-state index is 9.91. The molecule has 18 heavy (non-hydrogen) atoms. The van der Waals surface area contributed by atoms with Gasteiger partial charge in [0.05, 0.1) is 0 Å². The summed E-state index contributed by atoms with van der Waals surface area (Å²) in [6, 6.07) is 13.4. The Hall–Kier alpha value is -1.71. The summed E-state index contributed by atoms with van der Waals surface area (Å²) in [5.74, 6) is 0.719.